The largest absolute Gasteiger partial charge is 0.497 e. The van der Waals surface area contributed by atoms with E-state index < -0.39 is 29.6 Å². The van der Waals surface area contributed by atoms with Gasteiger partial charge in [0, 0.05) is 24.1 Å². The summed E-state index contributed by atoms with van der Waals surface area (Å²) in [6.07, 6.45) is -4.44. The number of benzene rings is 2. The summed E-state index contributed by atoms with van der Waals surface area (Å²) < 4.78 is 43.6. The average molecular weight is 426 g/mol. The normalized spacial score (nSPS) is 12.2. The van der Waals surface area contributed by atoms with E-state index in [4.69, 9.17) is 4.74 Å². The van der Waals surface area contributed by atoms with Gasteiger partial charge < -0.3 is 15.4 Å². The number of nitrogens with one attached hydrogen (secondary N) is 2. The minimum Gasteiger partial charge on any atom is -0.497 e. The maximum Gasteiger partial charge on any atom is 0.416 e. The van der Waals surface area contributed by atoms with E-state index in [1.54, 1.807) is 31.4 Å². The first-order valence-corrected chi connectivity index (χ1v) is 9.65. The number of rotatable bonds is 8. The van der Waals surface area contributed by atoms with Crippen molar-refractivity contribution in [2.75, 3.05) is 12.9 Å². The van der Waals surface area contributed by atoms with Gasteiger partial charge in [-0.25, -0.2) is 0 Å². The summed E-state index contributed by atoms with van der Waals surface area (Å²) in [5.41, 5.74) is 0.0776. The molecule has 0 heterocycles. The van der Waals surface area contributed by atoms with Gasteiger partial charge in [0.05, 0.1) is 12.7 Å². The predicted octanol–water partition coefficient (Wildman–Crippen LogP) is 3.63. The lowest BCUT2D eigenvalue weighted by atomic mass is 10.2. The molecule has 0 aliphatic heterocycles. The van der Waals surface area contributed by atoms with Crippen molar-refractivity contribution in [1.82, 2.24) is 10.6 Å². The van der Waals surface area contributed by atoms with Crippen molar-refractivity contribution in [3.63, 3.8) is 0 Å². The first kappa shape index (κ1) is 22.6. The number of ether oxygens (including phenoxy) is 1. The van der Waals surface area contributed by atoms with Gasteiger partial charge in [0.15, 0.2) is 0 Å². The number of thioether (sulfide) groups is 1. The van der Waals surface area contributed by atoms with E-state index in [-0.39, 0.29) is 12.3 Å². The summed E-state index contributed by atoms with van der Waals surface area (Å²) in [6.45, 7) is 1.52. The maximum absolute atomic E-state index is 12.8. The van der Waals surface area contributed by atoms with Crippen LogP contribution in [0.4, 0.5) is 13.2 Å². The molecule has 0 spiro atoms. The molecule has 0 aliphatic rings. The van der Waals surface area contributed by atoms with Gasteiger partial charge in [-0.2, -0.15) is 13.2 Å². The number of carbonyl (C=O) groups excluding carboxylic acids is 2. The highest BCUT2D eigenvalue weighted by molar-refractivity contribution is 7.99. The van der Waals surface area contributed by atoms with Crippen molar-refractivity contribution in [2.45, 2.75) is 30.6 Å². The van der Waals surface area contributed by atoms with Crippen LogP contribution in [0.3, 0.4) is 0 Å². The molecule has 2 aromatic carbocycles. The number of methoxy groups -OCH3 is 1. The second-order valence-electron chi connectivity index (χ2n) is 6.16. The molecule has 29 heavy (non-hydrogen) atoms. The summed E-state index contributed by atoms with van der Waals surface area (Å²) in [4.78, 5) is 24.3. The van der Waals surface area contributed by atoms with Crippen molar-refractivity contribution in [3.05, 3.63) is 59.7 Å². The molecule has 5 nitrogen and oxygen atoms in total. The van der Waals surface area contributed by atoms with Crippen molar-refractivity contribution in [2.24, 2.45) is 0 Å². The van der Waals surface area contributed by atoms with Crippen LogP contribution in [-0.2, 0) is 22.3 Å². The average Bonchev–Trinajstić information content (AvgIpc) is 2.69. The third kappa shape index (κ3) is 7.34. The minimum atomic E-state index is -4.44. The Kier molecular flexibility index (Phi) is 7.95. The van der Waals surface area contributed by atoms with Crippen LogP contribution in [0.1, 0.15) is 18.1 Å². The number of hydrogen-bond acceptors (Lipinski definition) is 4. The van der Waals surface area contributed by atoms with Crippen LogP contribution in [0.5, 0.6) is 5.75 Å². The third-order valence-corrected chi connectivity index (χ3v) is 4.99. The molecular formula is C20H21F3N2O3S. The highest BCUT2D eigenvalue weighted by Crippen LogP contribution is 2.32. The van der Waals surface area contributed by atoms with Crippen molar-refractivity contribution in [3.8, 4) is 5.75 Å². The summed E-state index contributed by atoms with van der Waals surface area (Å²) in [7, 11) is 1.55. The first-order chi connectivity index (χ1) is 13.7. The van der Waals surface area contributed by atoms with Crippen LogP contribution in [0.25, 0.3) is 0 Å². The van der Waals surface area contributed by atoms with Crippen LogP contribution in [0.2, 0.25) is 0 Å². The summed E-state index contributed by atoms with van der Waals surface area (Å²) in [6, 6.07) is 11.1. The lowest BCUT2D eigenvalue weighted by Gasteiger charge is -2.18. The summed E-state index contributed by atoms with van der Waals surface area (Å²) in [5.74, 6) is -0.0431. The van der Waals surface area contributed by atoms with E-state index in [0.29, 0.717) is 10.6 Å². The Morgan fingerprint density at radius 2 is 1.83 bits per heavy atom. The van der Waals surface area contributed by atoms with Gasteiger partial charge in [-0.1, -0.05) is 18.2 Å². The molecule has 1 atom stereocenters. The fraction of sp³-hybridized carbons (Fsp3) is 0.300. The van der Waals surface area contributed by atoms with E-state index >= 15 is 0 Å². The van der Waals surface area contributed by atoms with Gasteiger partial charge in [-0.15, -0.1) is 11.8 Å². The Morgan fingerprint density at radius 1 is 1.14 bits per heavy atom. The van der Waals surface area contributed by atoms with Crippen LogP contribution >= 0.6 is 11.8 Å². The highest BCUT2D eigenvalue weighted by Gasteiger charge is 2.30. The Labute approximate surface area is 171 Å². The third-order valence-electron chi connectivity index (χ3n) is 3.90. The zero-order chi connectivity index (χ0) is 21.4. The highest BCUT2D eigenvalue weighted by atomic mass is 32.2. The molecule has 0 radical (unpaired) electrons. The molecule has 9 heteroatoms. The van der Waals surface area contributed by atoms with Gasteiger partial charge in [-0.3, -0.25) is 9.59 Å². The SMILES string of the molecule is COc1ccc(CNC(=O)C(CSc2cccc(C(F)(F)F)c2)NC(C)=O)cc1. The number of carbonyl (C=O) groups is 2. The zero-order valence-corrected chi connectivity index (χ0v) is 16.7. The molecule has 0 saturated carbocycles. The first-order valence-electron chi connectivity index (χ1n) is 8.67. The van der Waals surface area contributed by atoms with E-state index in [1.807, 2.05) is 0 Å². The maximum atomic E-state index is 12.8. The van der Waals surface area contributed by atoms with Crippen LogP contribution in [0, 0.1) is 0 Å². The molecule has 0 aliphatic carbocycles. The number of halogens is 3. The lowest BCUT2D eigenvalue weighted by Crippen LogP contribution is -2.47. The summed E-state index contributed by atoms with van der Waals surface area (Å²) in [5, 5.41) is 5.26. The van der Waals surface area contributed by atoms with Crippen LogP contribution in [0.15, 0.2) is 53.4 Å². The fourth-order valence-corrected chi connectivity index (χ4v) is 3.40. The van der Waals surface area contributed by atoms with Gasteiger partial charge in [0.2, 0.25) is 11.8 Å². The monoisotopic (exact) mass is 426 g/mol. The topological polar surface area (TPSA) is 67.4 Å². The van der Waals surface area contributed by atoms with Crippen LogP contribution in [-0.4, -0.2) is 30.7 Å². The zero-order valence-electron chi connectivity index (χ0n) is 15.9. The molecule has 2 rings (SSSR count). The van der Waals surface area contributed by atoms with Crippen molar-refractivity contribution in [1.29, 1.82) is 0 Å². The van der Waals surface area contributed by atoms with E-state index in [1.165, 1.54) is 19.1 Å². The Morgan fingerprint density at radius 3 is 2.41 bits per heavy atom. The molecule has 0 aromatic heterocycles. The van der Waals surface area contributed by atoms with E-state index in [9.17, 15) is 22.8 Å². The molecule has 0 bridgehead atoms. The number of alkyl halides is 3. The quantitative estimate of drug-likeness (QED) is 0.633. The van der Waals surface area contributed by atoms with E-state index in [2.05, 4.69) is 10.6 Å². The number of amides is 2. The molecule has 156 valence electrons. The smallest absolute Gasteiger partial charge is 0.416 e. The fourth-order valence-electron chi connectivity index (χ4n) is 2.43. The Hall–Kier alpha value is -2.68. The Bertz CT molecular complexity index is 842. The van der Waals surface area contributed by atoms with Gasteiger partial charge in [0.25, 0.3) is 0 Å². The molecular weight excluding hydrogens is 405 g/mol. The van der Waals surface area contributed by atoms with Gasteiger partial charge in [0.1, 0.15) is 11.8 Å². The molecule has 0 fully saturated rings. The van der Waals surface area contributed by atoms with Gasteiger partial charge in [-0.05, 0) is 35.9 Å². The molecule has 2 amide bonds. The second-order valence-corrected chi connectivity index (χ2v) is 7.25. The standard InChI is InChI=1S/C20H21F3N2O3S/c1-13(26)25-18(12-29-17-5-3-4-15(10-17)20(21,22)23)19(27)24-11-14-6-8-16(28-2)9-7-14/h3-10,18H,11-12H2,1-2H3,(H,24,27)(H,25,26). The van der Waals surface area contributed by atoms with Gasteiger partial charge >= 0.3 is 6.18 Å². The molecule has 2 aromatic rings. The second kappa shape index (κ2) is 10.2. The lowest BCUT2D eigenvalue weighted by molar-refractivity contribution is -0.137. The number of hydrogen-bond donors (Lipinski definition) is 2. The molecule has 0 saturated heterocycles. The van der Waals surface area contributed by atoms with Crippen molar-refractivity contribution >= 4 is 23.6 Å². The minimum absolute atomic E-state index is 0.0926. The molecule has 2 N–H and O–H groups in total. The Balaban J connectivity index is 1.98. The van der Waals surface area contributed by atoms with E-state index in [0.717, 1.165) is 29.5 Å². The van der Waals surface area contributed by atoms with Crippen LogP contribution < -0.4 is 15.4 Å². The van der Waals surface area contributed by atoms with Crippen molar-refractivity contribution < 1.29 is 27.5 Å². The molecule has 1 unspecified atom stereocenters. The predicted molar refractivity (Wildman–Crippen MR) is 105 cm³/mol. The summed E-state index contributed by atoms with van der Waals surface area (Å²) >= 11 is 1.06.